The number of benzene rings is 1. The molecule has 1 unspecified atom stereocenters. The topological polar surface area (TPSA) is 65.2 Å². The fourth-order valence-corrected chi connectivity index (χ4v) is 3.40. The van der Waals surface area contributed by atoms with E-state index in [2.05, 4.69) is 26.2 Å². The predicted molar refractivity (Wildman–Crippen MR) is 90.3 cm³/mol. The Kier molecular flexibility index (Phi) is 4.31. The molecule has 1 aromatic carbocycles. The molecule has 2 heterocycles. The number of likely N-dealkylation sites (tertiary alicyclic amines) is 1. The molecular formula is C16H18BrN3O2. The van der Waals surface area contributed by atoms with Gasteiger partial charge in [-0.25, -0.2) is 0 Å². The lowest BCUT2D eigenvalue weighted by Gasteiger charge is -2.24. The summed E-state index contributed by atoms with van der Waals surface area (Å²) in [7, 11) is 1.89. The van der Waals surface area contributed by atoms with Crippen LogP contribution in [0.3, 0.4) is 0 Å². The predicted octanol–water partition coefficient (Wildman–Crippen LogP) is 2.11. The average Bonchev–Trinajstić information content (AvgIpc) is 2.95. The molecule has 116 valence electrons. The van der Waals surface area contributed by atoms with Gasteiger partial charge in [-0.3, -0.25) is 9.59 Å². The zero-order valence-corrected chi connectivity index (χ0v) is 13.9. The number of nitrogens with one attached hydrogen (secondary N) is 2. The van der Waals surface area contributed by atoms with Gasteiger partial charge in [0, 0.05) is 40.6 Å². The summed E-state index contributed by atoms with van der Waals surface area (Å²) < 4.78 is 0.846. The van der Waals surface area contributed by atoms with E-state index in [1.54, 1.807) is 6.07 Å². The molecule has 1 atom stereocenters. The molecular weight excluding hydrogens is 346 g/mol. The Labute approximate surface area is 136 Å². The Bertz CT molecular complexity index is 772. The van der Waals surface area contributed by atoms with Gasteiger partial charge in [0.05, 0.1) is 0 Å². The summed E-state index contributed by atoms with van der Waals surface area (Å²) in [6, 6.07) is 7.04. The lowest BCUT2D eigenvalue weighted by Crippen LogP contribution is -2.41. The van der Waals surface area contributed by atoms with E-state index in [0.717, 1.165) is 30.4 Å². The molecule has 1 fully saturated rings. The summed E-state index contributed by atoms with van der Waals surface area (Å²) in [5.74, 6) is -0.0975. The summed E-state index contributed by atoms with van der Waals surface area (Å²) in [6.45, 7) is 1.52. The summed E-state index contributed by atoms with van der Waals surface area (Å²) in [6.07, 6.45) is 2.00. The van der Waals surface area contributed by atoms with Crippen molar-refractivity contribution in [1.82, 2.24) is 15.2 Å². The van der Waals surface area contributed by atoms with Crippen molar-refractivity contribution in [2.24, 2.45) is 0 Å². The first-order valence-corrected chi connectivity index (χ1v) is 8.17. The second-order valence-electron chi connectivity index (χ2n) is 5.59. The molecule has 1 aliphatic rings. The van der Waals surface area contributed by atoms with Crippen LogP contribution in [0.25, 0.3) is 10.9 Å². The van der Waals surface area contributed by atoms with E-state index in [4.69, 9.17) is 0 Å². The van der Waals surface area contributed by atoms with E-state index < -0.39 is 0 Å². The van der Waals surface area contributed by atoms with E-state index in [-0.39, 0.29) is 17.4 Å². The number of halogens is 1. The largest absolute Gasteiger partial charge is 0.350 e. The fraction of sp³-hybridized carbons (Fsp3) is 0.375. The number of fused-ring (bicyclic) bond motifs is 1. The number of carbonyl (C=O) groups excluding carboxylic acids is 1. The number of rotatable bonds is 3. The Morgan fingerprint density at radius 2 is 2.27 bits per heavy atom. The van der Waals surface area contributed by atoms with Crippen LogP contribution in [-0.2, 0) is 0 Å². The third-order valence-corrected chi connectivity index (χ3v) is 4.59. The van der Waals surface area contributed by atoms with Crippen molar-refractivity contribution in [2.75, 3.05) is 20.1 Å². The number of carbonyl (C=O) groups is 1. The molecule has 5 nitrogen and oxygen atoms in total. The lowest BCUT2D eigenvalue weighted by atomic mass is 10.1. The molecule has 1 saturated heterocycles. The van der Waals surface area contributed by atoms with Gasteiger partial charge in [0.15, 0.2) is 5.43 Å². The van der Waals surface area contributed by atoms with E-state index in [1.807, 2.05) is 24.1 Å². The summed E-state index contributed by atoms with van der Waals surface area (Å²) in [4.78, 5) is 29.9. The standard InChI is InChI=1S/C16H18BrN3O2/c1-18-9-11-3-2-6-20(11)16(22)14-8-15(21)12-7-10(17)4-5-13(12)19-14/h4-5,7-8,11,18H,2-3,6,9H2,1H3,(H,19,21). The highest BCUT2D eigenvalue weighted by Gasteiger charge is 2.29. The van der Waals surface area contributed by atoms with Crippen molar-refractivity contribution in [3.05, 3.63) is 44.7 Å². The zero-order valence-electron chi connectivity index (χ0n) is 12.4. The van der Waals surface area contributed by atoms with Crippen molar-refractivity contribution >= 4 is 32.7 Å². The van der Waals surface area contributed by atoms with Crippen molar-refractivity contribution < 1.29 is 4.79 Å². The number of amides is 1. The number of hydrogen-bond acceptors (Lipinski definition) is 3. The summed E-state index contributed by atoms with van der Waals surface area (Å²) in [5.41, 5.74) is 0.911. The summed E-state index contributed by atoms with van der Waals surface area (Å²) in [5, 5.41) is 3.70. The van der Waals surface area contributed by atoms with Crippen LogP contribution < -0.4 is 10.7 Å². The third-order valence-electron chi connectivity index (χ3n) is 4.10. The second kappa shape index (κ2) is 6.22. The minimum atomic E-state index is -0.136. The Balaban J connectivity index is 1.98. The Morgan fingerprint density at radius 3 is 3.05 bits per heavy atom. The monoisotopic (exact) mass is 363 g/mol. The van der Waals surface area contributed by atoms with Gasteiger partial charge in [0.1, 0.15) is 5.69 Å². The first kappa shape index (κ1) is 15.2. The number of pyridine rings is 1. The molecule has 2 aromatic rings. The molecule has 22 heavy (non-hydrogen) atoms. The van der Waals surface area contributed by atoms with Gasteiger partial charge in [0.25, 0.3) is 5.91 Å². The molecule has 3 rings (SSSR count). The van der Waals surface area contributed by atoms with Crippen LogP contribution in [0.5, 0.6) is 0 Å². The molecule has 1 aliphatic heterocycles. The van der Waals surface area contributed by atoms with E-state index in [0.29, 0.717) is 16.6 Å². The molecule has 6 heteroatoms. The number of likely N-dealkylation sites (N-methyl/N-ethyl adjacent to an activating group) is 1. The van der Waals surface area contributed by atoms with Crippen molar-refractivity contribution in [2.45, 2.75) is 18.9 Å². The normalized spacial score (nSPS) is 18.1. The lowest BCUT2D eigenvalue weighted by molar-refractivity contribution is 0.0731. The van der Waals surface area contributed by atoms with Crippen molar-refractivity contribution in [3.8, 4) is 0 Å². The molecule has 0 saturated carbocycles. The molecule has 0 aliphatic carbocycles. The Morgan fingerprint density at radius 1 is 1.45 bits per heavy atom. The fourth-order valence-electron chi connectivity index (χ4n) is 3.04. The maximum absolute atomic E-state index is 12.7. The number of H-pyrrole nitrogens is 1. The highest BCUT2D eigenvalue weighted by molar-refractivity contribution is 9.10. The number of aromatic amines is 1. The van der Waals surface area contributed by atoms with E-state index in [1.165, 1.54) is 6.07 Å². The maximum atomic E-state index is 12.7. The van der Waals surface area contributed by atoms with Crippen LogP contribution in [0.2, 0.25) is 0 Å². The molecule has 1 aromatic heterocycles. The minimum Gasteiger partial charge on any atom is -0.350 e. The minimum absolute atomic E-state index is 0.0975. The van der Waals surface area contributed by atoms with Crippen LogP contribution in [-0.4, -0.2) is 42.0 Å². The van der Waals surface area contributed by atoms with Gasteiger partial charge in [-0.1, -0.05) is 15.9 Å². The van der Waals surface area contributed by atoms with Gasteiger partial charge >= 0.3 is 0 Å². The quantitative estimate of drug-likeness (QED) is 0.877. The molecule has 0 radical (unpaired) electrons. The van der Waals surface area contributed by atoms with E-state index >= 15 is 0 Å². The van der Waals surface area contributed by atoms with Gasteiger partial charge in [0.2, 0.25) is 0 Å². The van der Waals surface area contributed by atoms with E-state index in [9.17, 15) is 9.59 Å². The van der Waals surface area contributed by atoms with Crippen LogP contribution in [0.1, 0.15) is 23.3 Å². The number of aromatic nitrogens is 1. The third kappa shape index (κ3) is 2.80. The maximum Gasteiger partial charge on any atom is 0.270 e. The van der Waals surface area contributed by atoms with Crippen LogP contribution in [0, 0.1) is 0 Å². The van der Waals surface area contributed by atoms with Gasteiger partial charge in [-0.05, 0) is 38.1 Å². The highest BCUT2D eigenvalue weighted by atomic mass is 79.9. The van der Waals surface area contributed by atoms with Crippen molar-refractivity contribution in [1.29, 1.82) is 0 Å². The van der Waals surface area contributed by atoms with Crippen LogP contribution in [0.15, 0.2) is 33.5 Å². The SMILES string of the molecule is CNCC1CCCN1C(=O)c1cc(=O)c2cc(Br)ccc2[nH]1. The number of nitrogens with zero attached hydrogens (tertiary/aromatic N) is 1. The zero-order chi connectivity index (χ0) is 15.7. The number of hydrogen-bond donors (Lipinski definition) is 2. The smallest absolute Gasteiger partial charge is 0.270 e. The first-order valence-electron chi connectivity index (χ1n) is 7.38. The highest BCUT2D eigenvalue weighted by Crippen LogP contribution is 2.20. The average molecular weight is 364 g/mol. The first-order chi connectivity index (χ1) is 10.6. The van der Waals surface area contributed by atoms with Crippen LogP contribution >= 0.6 is 15.9 Å². The molecule has 0 spiro atoms. The van der Waals surface area contributed by atoms with Gasteiger partial charge in [-0.15, -0.1) is 0 Å². The van der Waals surface area contributed by atoms with Crippen molar-refractivity contribution in [3.63, 3.8) is 0 Å². The molecule has 2 N–H and O–H groups in total. The Hall–Kier alpha value is -1.66. The van der Waals surface area contributed by atoms with Crippen LogP contribution in [0.4, 0.5) is 0 Å². The second-order valence-corrected chi connectivity index (χ2v) is 6.51. The molecule has 1 amide bonds. The molecule has 0 bridgehead atoms. The summed E-state index contributed by atoms with van der Waals surface area (Å²) >= 11 is 3.36. The van der Waals surface area contributed by atoms with Gasteiger partial charge < -0.3 is 15.2 Å². The van der Waals surface area contributed by atoms with Gasteiger partial charge in [-0.2, -0.15) is 0 Å².